The Morgan fingerprint density at radius 3 is 2.53 bits per heavy atom. The van der Waals surface area contributed by atoms with Crippen LogP contribution in [-0.4, -0.2) is 41.8 Å². The molecule has 0 amide bonds. The molecule has 2 N–H and O–H groups in total. The molecular weight excluding hydrogens is 240 g/mol. The molecule has 0 radical (unpaired) electrons. The van der Waals surface area contributed by atoms with Gasteiger partial charge < -0.3 is 15.3 Å². The number of aliphatic hydroxyl groups excluding tert-OH is 1. The number of hydrogen-bond acceptors (Lipinski definition) is 5. The van der Waals surface area contributed by atoms with Gasteiger partial charge in [-0.25, -0.2) is 9.97 Å². The van der Waals surface area contributed by atoms with Crippen molar-refractivity contribution < 1.29 is 5.11 Å². The third kappa shape index (κ3) is 2.97. The molecule has 1 fully saturated rings. The van der Waals surface area contributed by atoms with E-state index in [0.717, 1.165) is 55.4 Å². The Morgan fingerprint density at radius 1 is 1.32 bits per heavy atom. The Kier molecular flexibility index (Phi) is 4.58. The zero-order valence-electron chi connectivity index (χ0n) is 12.1. The quantitative estimate of drug-likeness (QED) is 0.865. The fourth-order valence-corrected chi connectivity index (χ4v) is 2.59. The van der Waals surface area contributed by atoms with Crippen LogP contribution in [0.3, 0.4) is 0 Å². The largest absolute Gasteiger partial charge is 0.396 e. The summed E-state index contributed by atoms with van der Waals surface area (Å²) in [5.41, 5.74) is 1.11. The molecular formula is C14H24N4O. The summed E-state index contributed by atoms with van der Waals surface area (Å²) >= 11 is 0. The first-order chi connectivity index (χ1) is 9.19. The van der Waals surface area contributed by atoms with Gasteiger partial charge in [0.15, 0.2) is 0 Å². The summed E-state index contributed by atoms with van der Waals surface area (Å²) in [6, 6.07) is 0. The highest BCUT2D eigenvalue weighted by Gasteiger charge is 2.22. The number of nitrogens with zero attached hydrogens (tertiary/aromatic N) is 3. The van der Waals surface area contributed by atoms with Gasteiger partial charge in [-0.2, -0.15) is 0 Å². The number of nitrogens with one attached hydrogen (secondary N) is 1. The molecule has 0 spiro atoms. The topological polar surface area (TPSA) is 61.3 Å². The van der Waals surface area contributed by atoms with Crippen LogP contribution in [0.15, 0.2) is 0 Å². The summed E-state index contributed by atoms with van der Waals surface area (Å²) in [5, 5.41) is 12.4. The van der Waals surface area contributed by atoms with E-state index in [-0.39, 0.29) is 0 Å². The molecule has 1 aromatic rings. The number of anilines is 2. The number of aryl methyl sites for hydroxylation is 1. The van der Waals surface area contributed by atoms with E-state index in [0.29, 0.717) is 12.5 Å². The highest BCUT2D eigenvalue weighted by molar-refractivity contribution is 5.58. The summed E-state index contributed by atoms with van der Waals surface area (Å²) in [6.45, 7) is 6.38. The lowest BCUT2D eigenvalue weighted by molar-refractivity contribution is 0.202. The van der Waals surface area contributed by atoms with Crippen LogP contribution in [0.25, 0.3) is 0 Å². The Morgan fingerprint density at radius 2 is 2.00 bits per heavy atom. The molecule has 19 heavy (non-hydrogen) atoms. The van der Waals surface area contributed by atoms with Crippen molar-refractivity contribution in [2.75, 3.05) is 37.0 Å². The van der Waals surface area contributed by atoms with Gasteiger partial charge in [0.25, 0.3) is 0 Å². The molecule has 1 aliphatic heterocycles. The van der Waals surface area contributed by atoms with Gasteiger partial charge in [-0.3, -0.25) is 0 Å². The summed E-state index contributed by atoms with van der Waals surface area (Å²) in [4.78, 5) is 11.5. The fraction of sp³-hybridized carbons (Fsp3) is 0.714. The summed E-state index contributed by atoms with van der Waals surface area (Å²) in [6.07, 6.45) is 2.92. The van der Waals surface area contributed by atoms with Crippen molar-refractivity contribution in [2.45, 2.75) is 33.1 Å². The number of piperidine rings is 1. The molecule has 2 heterocycles. The second kappa shape index (κ2) is 6.19. The van der Waals surface area contributed by atoms with E-state index in [9.17, 15) is 5.11 Å². The van der Waals surface area contributed by atoms with Crippen molar-refractivity contribution in [1.82, 2.24) is 9.97 Å². The lowest BCUT2D eigenvalue weighted by Gasteiger charge is -2.33. The second-order valence-electron chi connectivity index (χ2n) is 5.15. The van der Waals surface area contributed by atoms with E-state index in [1.165, 1.54) is 0 Å². The van der Waals surface area contributed by atoms with Gasteiger partial charge in [0.2, 0.25) is 0 Å². The summed E-state index contributed by atoms with van der Waals surface area (Å²) < 4.78 is 0. The lowest BCUT2D eigenvalue weighted by atomic mass is 9.98. The average molecular weight is 264 g/mol. The average Bonchev–Trinajstić information content (AvgIpc) is 2.47. The van der Waals surface area contributed by atoms with Gasteiger partial charge in [0.1, 0.15) is 17.5 Å². The molecule has 0 saturated carbocycles. The smallest absolute Gasteiger partial charge is 0.137 e. The minimum atomic E-state index is 0.304. The van der Waals surface area contributed by atoms with Gasteiger partial charge in [-0.1, -0.05) is 6.92 Å². The Bertz CT molecular complexity index is 428. The van der Waals surface area contributed by atoms with Crippen molar-refractivity contribution in [2.24, 2.45) is 5.92 Å². The maximum Gasteiger partial charge on any atom is 0.137 e. The number of aliphatic hydroxyl groups is 1. The molecule has 1 aromatic heterocycles. The number of hydrogen-bond donors (Lipinski definition) is 2. The highest BCUT2D eigenvalue weighted by atomic mass is 16.3. The predicted molar refractivity (Wildman–Crippen MR) is 77.7 cm³/mol. The Balaban J connectivity index is 2.24. The van der Waals surface area contributed by atoms with Crippen LogP contribution in [-0.2, 0) is 6.42 Å². The van der Waals surface area contributed by atoms with E-state index in [4.69, 9.17) is 0 Å². The van der Waals surface area contributed by atoms with Crippen LogP contribution < -0.4 is 10.2 Å². The van der Waals surface area contributed by atoms with Gasteiger partial charge in [-0.15, -0.1) is 0 Å². The van der Waals surface area contributed by atoms with E-state index in [1.807, 2.05) is 7.05 Å². The summed E-state index contributed by atoms with van der Waals surface area (Å²) in [5.74, 6) is 3.31. The van der Waals surface area contributed by atoms with Gasteiger partial charge in [0.05, 0.1) is 0 Å². The first-order valence-electron chi connectivity index (χ1n) is 7.10. The van der Waals surface area contributed by atoms with Crippen molar-refractivity contribution >= 4 is 11.6 Å². The van der Waals surface area contributed by atoms with E-state index in [2.05, 4.69) is 34.0 Å². The first-order valence-corrected chi connectivity index (χ1v) is 7.10. The van der Waals surface area contributed by atoms with Crippen molar-refractivity contribution in [3.05, 3.63) is 11.4 Å². The minimum Gasteiger partial charge on any atom is -0.396 e. The second-order valence-corrected chi connectivity index (χ2v) is 5.15. The molecule has 1 saturated heterocycles. The third-order valence-electron chi connectivity index (χ3n) is 3.89. The molecule has 0 unspecified atom stereocenters. The highest BCUT2D eigenvalue weighted by Crippen LogP contribution is 2.27. The summed E-state index contributed by atoms with van der Waals surface area (Å²) in [7, 11) is 1.90. The molecule has 1 aliphatic rings. The van der Waals surface area contributed by atoms with Crippen molar-refractivity contribution in [3.8, 4) is 0 Å². The van der Waals surface area contributed by atoms with Gasteiger partial charge >= 0.3 is 0 Å². The third-order valence-corrected chi connectivity index (χ3v) is 3.89. The van der Waals surface area contributed by atoms with Crippen LogP contribution >= 0.6 is 0 Å². The molecule has 0 atom stereocenters. The Hall–Kier alpha value is -1.36. The normalized spacial score (nSPS) is 16.7. The van der Waals surface area contributed by atoms with Gasteiger partial charge in [0, 0.05) is 38.7 Å². The molecule has 106 valence electrons. The van der Waals surface area contributed by atoms with E-state index < -0.39 is 0 Å². The molecule has 5 heteroatoms. The van der Waals surface area contributed by atoms with Crippen LogP contribution in [0.5, 0.6) is 0 Å². The SMILES string of the molecule is CCc1nc(NC)c(C)c(N2CCC(CO)CC2)n1. The zero-order chi connectivity index (χ0) is 13.8. The maximum atomic E-state index is 9.21. The van der Waals surface area contributed by atoms with Crippen LogP contribution in [0.2, 0.25) is 0 Å². The molecule has 5 nitrogen and oxygen atoms in total. The lowest BCUT2D eigenvalue weighted by Crippen LogP contribution is -2.36. The predicted octanol–water partition coefficient (Wildman–Crippen LogP) is 1.60. The van der Waals surface area contributed by atoms with E-state index in [1.54, 1.807) is 0 Å². The molecule has 0 aliphatic carbocycles. The Labute approximate surface area is 115 Å². The van der Waals surface area contributed by atoms with E-state index >= 15 is 0 Å². The number of aromatic nitrogens is 2. The number of rotatable bonds is 4. The first kappa shape index (κ1) is 14.1. The molecule has 2 rings (SSSR count). The minimum absolute atomic E-state index is 0.304. The monoisotopic (exact) mass is 264 g/mol. The van der Waals surface area contributed by atoms with Crippen LogP contribution in [0.1, 0.15) is 31.2 Å². The van der Waals surface area contributed by atoms with Crippen LogP contribution in [0.4, 0.5) is 11.6 Å². The van der Waals surface area contributed by atoms with Crippen molar-refractivity contribution in [1.29, 1.82) is 0 Å². The van der Waals surface area contributed by atoms with Crippen molar-refractivity contribution in [3.63, 3.8) is 0 Å². The van der Waals surface area contributed by atoms with Crippen LogP contribution in [0, 0.1) is 12.8 Å². The standard InChI is InChI=1S/C14H24N4O/c1-4-12-16-13(15-3)10(2)14(17-12)18-7-5-11(9-19)6-8-18/h11,19H,4-9H2,1-3H3,(H,15,16,17). The molecule has 0 aromatic carbocycles. The molecule has 0 bridgehead atoms. The maximum absolute atomic E-state index is 9.21. The zero-order valence-corrected chi connectivity index (χ0v) is 12.1. The fourth-order valence-electron chi connectivity index (χ4n) is 2.59. The van der Waals surface area contributed by atoms with Gasteiger partial charge in [-0.05, 0) is 25.7 Å².